The van der Waals surface area contributed by atoms with Crippen molar-refractivity contribution < 1.29 is 18.7 Å². The summed E-state index contributed by atoms with van der Waals surface area (Å²) in [5, 5.41) is 2.85. The van der Waals surface area contributed by atoms with Gasteiger partial charge in [0.15, 0.2) is 6.61 Å². The highest BCUT2D eigenvalue weighted by Gasteiger charge is 2.27. The second-order valence-electron chi connectivity index (χ2n) is 7.71. The van der Waals surface area contributed by atoms with Crippen LogP contribution in [0.2, 0.25) is 0 Å². The normalized spacial score (nSPS) is 12.0. The molecule has 0 aromatic heterocycles. The first kappa shape index (κ1) is 19.1. The summed E-state index contributed by atoms with van der Waals surface area (Å²) < 4.78 is 18.4. The molecule has 1 N–H and O–H groups in total. The molecule has 0 bridgehead atoms. The van der Waals surface area contributed by atoms with Gasteiger partial charge in [0.05, 0.1) is 5.56 Å². The zero-order valence-corrected chi connectivity index (χ0v) is 14.7. The highest BCUT2D eigenvalue weighted by Crippen LogP contribution is 2.26. The molecule has 0 spiro atoms. The zero-order chi connectivity index (χ0) is 17.8. The van der Waals surface area contributed by atoms with Gasteiger partial charge in [-0.3, -0.25) is 4.79 Å². The second-order valence-corrected chi connectivity index (χ2v) is 7.71. The van der Waals surface area contributed by atoms with Gasteiger partial charge in [0.2, 0.25) is 0 Å². The minimum atomic E-state index is -0.715. The first-order valence-corrected chi connectivity index (χ1v) is 7.64. The summed E-state index contributed by atoms with van der Waals surface area (Å²) in [5.74, 6) is -1.57. The van der Waals surface area contributed by atoms with E-state index in [0.717, 1.165) is 12.5 Å². The number of aryl methyl sites for hydroxylation is 1. The minimum absolute atomic E-state index is 0.0624. The van der Waals surface area contributed by atoms with Crippen LogP contribution in [0.3, 0.4) is 0 Å². The van der Waals surface area contributed by atoms with Crippen molar-refractivity contribution in [2.24, 2.45) is 5.41 Å². The standard InChI is InChI=1S/C18H26FNO3/c1-12-7-8-13(9-14(12)19)16(22)23-10-15(21)20-18(5,6)11-17(2,3)4/h7-9H,10-11H2,1-6H3,(H,20,21). The maximum atomic E-state index is 13.4. The summed E-state index contributed by atoms with van der Waals surface area (Å²) in [6.07, 6.45) is 0.781. The SMILES string of the molecule is Cc1ccc(C(=O)OCC(=O)NC(C)(C)CC(C)(C)C)cc1F. The molecule has 0 saturated carbocycles. The van der Waals surface area contributed by atoms with Crippen molar-refractivity contribution in [2.75, 3.05) is 6.61 Å². The molecule has 1 rings (SSSR count). The monoisotopic (exact) mass is 323 g/mol. The van der Waals surface area contributed by atoms with E-state index in [1.54, 1.807) is 6.92 Å². The van der Waals surface area contributed by atoms with Crippen LogP contribution in [-0.4, -0.2) is 24.0 Å². The first-order chi connectivity index (χ1) is 10.4. The Morgan fingerprint density at radius 2 is 1.78 bits per heavy atom. The van der Waals surface area contributed by atoms with Crippen molar-refractivity contribution >= 4 is 11.9 Å². The number of esters is 1. The van der Waals surface area contributed by atoms with Crippen LogP contribution < -0.4 is 5.32 Å². The number of carbonyl (C=O) groups excluding carboxylic acids is 2. The van der Waals surface area contributed by atoms with Crippen molar-refractivity contribution in [1.29, 1.82) is 0 Å². The predicted molar refractivity (Wildman–Crippen MR) is 87.7 cm³/mol. The molecule has 0 aliphatic carbocycles. The molecule has 0 heterocycles. The van der Waals surface area contributed by atoms with E-state index in [9.17, 15) is 14.0 Å². The van der Waals surface area contributed by atoms with Gasteiger partial charge in [-0.1, -0.05) is 26.8 Å². The van der Waals surface area contributed by atoms with Crippen LogP contribution >= 0.6 is 0 Å². The quantitative estimate of drug-likeness (QED) is 0.842. The summed E-state index contributed by atoms with van der Waals surface area (Å²) in [5.41, 5.74) is 0.197. The number of nitrogens with one attached hydrogen (secondary N) is 1. The van der Waals surface area contributed by atoms with Crippen LogP contribution in [0, 0.1) is 18.2 Å². The molecule has 0 aliphatic rings. The van der Waals surface area contributed by atoms with Gasteiger partial charge in [0, 0.05) is 5.54 Å². The molecule has 0 fully saturated rings. The Balaban J connectivity index is 2.55. The van der Waals surface area contributed by atoms with Crippen molar-refractivity contribution in [3.05, 3.63) is 35.1 Å². The summed E-state index contributed by atoms with van der Waals surface area (Å²) in [6, 6.07) is 4.08. The molecule has 0 saturated heterocycles. The van der Waals surface area contributed by atoms with E-state index in [-0.39, 0.29) is 23.5 Å². The Labute approximate surface area is 137 Å². The molecular weight excluding hydrogens is 297 g/mol. The second kappa shape index (κ2) is 7.11. The fourth-order valence-corrected chi connectivity index (χ4v) is 2.72. The van der Waals surface area contributed by atoms with E-state index < -0.39 is 17.3 Å². The smallest absolute Gasteiger partial charge is 0.338 e. The van der Waals surface area contributed by atoms with Crippen molar-refractivity contribution in [1.82, 2.24) is 5.32 Å². The van der Waals surface area contributed by atoms with Crippen molar-refractivity contribution in [2.45, 2.75) is 53.5 Å². The first-order valence-electron chi connectivity index (χ1n) is 7.64. The van der Waals surface area contributed by atoms with Crippen molar-refractivity contribution in [3.8, 4) is 0 Å². The Bertz CT molecular complexity index is 588. The average Bonchev–Trinajstić information content (AvgIpc) is 2.35. The van der Waals surface area contributed by atoms with Crippen LogP contribution in [0.15, 0.2) is 18.2 Å². The third kappa shape index (κ3) is 6.80. The third-order valence-electron chi connectivity index (χ3n) is 3.19. The van der Waals surface area contributed by atoms with Gasteiger partial charge < -0.3 is 10.1 Å². The molecule has 0 radical (unpaired) electrons. The molecule has 1 aromatic carbocycles. The fourth-order valence-electron chi connectivity index (χ4n) is 2.72. The van der Waals surface area contributed by atoms with Crippen LogP contribution in [0.25, 0.3) is 0 Å². The number of ether oxygens (including phenoxy) is 1. The lowest BCUT2D eigenvalue weighted by Crippen LogP contribution is -2.47. The van der Waals surface area contributed by atoms with Gasteiger partial charge >= 0.3 is 5.97 Å². The molecule has 1 aromatic rings. The Morgan fingerprint density at radius 3 is 2.30 bits per heavy atom. The molecule has 0 aliphatic heterocycles. The average molecular weight is 323 g/mol. The van der Waals surface area contributed by atoms with Crippen LogP contribution in [0.1, 0.15) is 57.0 Å². The van der Waals surface area contributed by atoms with Crippen molar-refractivity contribution in [3.63, 3.8) is 0 Å². The van der Waals surface area contributed by atoms with E-state index in [4.69, 9.17) is 4.74 Å². The Kier molecular flexibility index (Phi) is 5.92. The highest BCUT2D eigenvalue weighted by atomic mass is 19.1. The number of amides is 1. The van der Waals surface area contributed by atoms with E-state index in [0.29, 0.717) is 5.56 Å². The molecule has 5 heteroatoms. The number of hydrogen-bond donors (Lipinski definition) is 1. The molecule has 0 unspecified atom stereocenters. The van der Waals surface area contributed by atoms with E-state index >= 15 is 0 Å². The zero-order valence-electron chi connectivity index (χ0n) is 14.7. The van der Waals surface area contributed by atoms with Gasteiger partial charge in [-0.2, -0.15) is 0 Å². The minimum Gasteiger partial charge on any atom is -0.452 e. The highest BCUT2D eigenvalue weighted by molar-refractivity contribution is 5.91. The van der Waals surface area contributed by atoms with Gasteiger partial charge in [-0.15, -0.1) is 0 Å². The van der Waals surface area contributed by atoms with Crippen LogP contribution in [0.5, 0.6) is 0 Å². The lowest BCUT2D eigenvalue weighted by atomic mass is 9.82. The summed E-state index contributed by atoms with van der Waals surface area (Å²) in [7, 11) is 0. The summed E-state index contributed by atoms with van der Waals surface area (Å²) in [4.78, 5) is 23.8. The molecular formula is C18H26FNO3. The van der Waals surface area contributed by atoms with Gasteiger partial charge in [0.1, 0.15) is 5.82 Å². The topological polar surface area (TPSA) is 55.4 Å². The number of halogens is 1. The number of rotatable bonds is 5. The number of benzene rings is 1. The predicted octanol–water partition coefficient (Wildman–Crippen LogP) is 3.62. The van der Waals surface area contributed by atoms with Gasteiger partial charge in [-0.05, 0) is 50.3 Å². The molecule has 23 heavy (non-hydrogen) atoms. The maximum Gasteiger partial charge on any atom is 0.338 e. The fraction of sp³-hybridized carbons (Fsp3) is 0.556. The molecule has 128 valence electrons. The largest absolute Gasteiger partial charge is 0.452 e. The number of hydrogen-bond acceptors (Lipinski definition) is 3. The van der Waals surface area contributed by atoms with E-state index in [2.05, 4.69) is 26.1 Å². The van der Waals surface area contributed by atoms with E-state index in [1.165, 1.54) is 12.1 Å². The lowest BCUT2D eigenvalue weighted by Gasteiger charge is -2.33. The van der Waals surface area contributed by atoms with Gasteiger partial charge in [-0.25, -0.2) is 9.18 Å². The molecule has 0 atom stereocenters. The Hall–Kier alpha value is -1.91. The summed E-state index contributed by atoms with van der Waals surface area (Å²) >= 11 is 0. The lowest BCUT2D eigenvalue weighted by molar-refractivity contribution is -0.126. The maximum absolute atomic E-state index is 13.4. The van der Waals surface area contributed by atoms with E-state index in [1.807, 2.05) is 13.8 Å². The van der Waals surface area contributed by atoms with Crippen LogP contribution in [-0.2, 0) is 9.53 Å². The Morgan fingerprint density at radius 1 is 1.17 bits per heavy atom. The molecule has 4 nitrogen and oxygen atoms in total. The summed E-state index contributed by atoms with van der Waals surface area (Å²) in [6.45, 7) is 11.3. The van der Waals surface area contributed by atoms with Gasteiger partial charge in [0.25, 0.3) is 5.91 Å². The number of carbonyl (C=O) groups is 2. The third-order valence-corrected chi connectivity index (χ3v) is 3.19. The van der Waals surface area contributed by atoms with Crippen LogP contribution in [0.4, 0.5) is 4.39 Å². The molecule has 1 amide bonds.